The lowest BCUT2D eigenvalue weighted by molar-refractivity contribution is -0.139. The summed E-state index contributed by atoms with van der Waals surface area (Å²) >= 11 is 0. The molecule has 22 heavy (non-hydrogen) atoms. The van der Waals surface area contributed by atoms with Gasteiger partial charge in [0.2, 0.25) is 5.91 Å². The molecular formula is C19H28N2O. The fraction of sp³-hybridized carbons (Fsp3) is 0.632. The Balaban J connectivity index is 1.29. The van der Waals surface area contributed by atoms with Gasteiger partial charge in [-0.1, -0.05) is 36.8 Å². The minimum Gasteiger partial charge on any atom is -0.339 e. The molecule has 3 rings (SSSR count). The third kappa shape index (κ3) is 4.10. The Morgan fingerprint density at radius 2 is 1.73 bits per heavy atom. The molecule has 0 bridgehead atoms. The molecule has 0 saturated carbocycles. The number of hydrogen-bond acceptors (Lipinski definition) is 2. The number of nitrogens with zero attached hydrogens (tertiary/aromatic N) is 2. The van der Waals surface area contributed by atoms with Crippen LogP contribution in [0, 0.1) is 0 Å². The average molecular weight is 300 g/mol. The summed E-state index contributed by atoms with van der Waals surface area (Å²) in [6.07, 6.45) is 7.99. The van der Waals surface area contributed by atoms with E-state index in [1.165, 1.54) is 37.9 Å². The predicted molar refractivity (Wildman–Crippen MR) is 89.8 cm³/mol. The first-order chi connectivity index (χ1) is 10.8. The number of aryl methyl sites for hydroxylation is 1. The standard InChI is InChI=1S/C19H28N2O/c22-19(12-6-5-11-17-9-3-1-4-10-17)21-15-18(16-21)20-13-7-2-8-14-20/h1,3-4,9-10,18H,2,5-8,11-16H2. The van der Waals surface area contributed by atoms with E-state index in [2.05, 4.69) is 40.1 Å². The van der Waals surface area contributed by atoms with E-state index in [0.29, 0.717) is 11.9 Å². The molecule has 0 radical (unpaired) electrons. The second kappa shape index (κ2) is 7.77. The maximum atomic E-state index is 12.2. The van der Waals surface area contributed by atoms with Crippen LogP contribution >= 0.6 is 0 Å². The Labute approximate surface area is 134 Å². The number of likely N-dealkylation sites (tertiary alicyclic amines) is 2. The van der Waals surface area contributed by atoms with Gasteiger partial charge in [0.05, 0.1) is 0 Å². The molecular weight excluding hydrogens is 272 g/mol. The minimum absolute atomic E-state index is 0.362. The summed E-state index contributed by atoms with van der Waals surface area (Å²) < 4.78 is 0. The maximum absolute atomic E-state index is 12.2. The van der Waals surface area contributed by atoms with Crippen molar-refractivity contribution in [3.63, 3.8) is 0 Å². The van der Waals surface area contributed by atoms with Gasteiger partial charge in [0.25, 0.3) is 0 Å². The molecule has 0 aliphatic carbocycles. The van der Waals surface area contributed by atoms with Crippen molar-refractivity contribution in [3.05, 3.63) is 35.9 Å². The van der Waals surface area contributed by atoms with Crippen LogP contribution in [0.15, 0.2) is 30.3 Å². The highest BCUT2D eigenvalue weighted by molar-refractivity contribution is 5.77. The van der Waals surface area contributed by atoms with Gasteiger partial charge in [-0.15, -0.1) is 0 Å². The lowest BCUT2D eigenvalue weighted by Crippen LogP contribution is -2.61. The lowest BCUT2D eigenvalue weighted by atomic mass is 10.0. The fourth-order valence-corrected chi connectivity index (χ4v) is 3.58. The molecule has 3 nitrogen and oxygen atoms in total. The topological polar surface area (TPSA) is 23.6 Å². The number of carbonyl (C=O) groups excluding carboxylic acids is 1. The van der Waals surface area contributed by atoms with Crippen LogP contribution in [0.4, 0.5) is 0 Å². The van der Waals surface area contributed by atoms with Gasteiger partial charge in [0.15, 0.2) is 0 Å². The van der Waals surface area contributed by atoms with Gasteiger partial charge >= 0.3 is 0 Å². The van der Waals surface area contributed by atoms with E-state index >= 15 is 0 Å². The van der Waals surface area contributed by atoms with E-state index in [0.717, 1.165) is 38.8 Å². The molecule has 0 aromatic heterocycles. The maximum Gasteiger partial charge on any atom is 0.222 e. The van der Waals surface area contributed by atoms with E-state index in [9.17, 15) is 4.79 Å². The van der Waals surface area contributed by atoms with Gasteiger partial charge in [-0.3, -0.25) is 9.69 Å². The van der Waals surface area contributed by atoms with Crippen LogP contribution in [0.5, 0.6) is 0 Å². The zero-order chi connectivity index (χ0) is 15.2. The SMILES string of the molecule is O=C(CCCCc1ccccc1)N1CC(N2CCCCC2)C1. The number of hydrogen-bond donors (Lipinski definition) is 0. The normalized spacial score (nSPS) is 19.9. The summed E-state index contributed by atoms with van der Waals surface area (Å²) in [6, 6.07) is 11.2. The number of rotatable bonds is 6. The summed E-state index contributed by atoms with van der Waals surface area (Å²) in [6.45, 7) is 4.42. The Hall–Kier alpha value is -1.35. The van der Waals surface area contributed by atoms with Gasteiger partial charge in [-0.05, 0) is 50.8 Å². The van der Waals surface area contributed by atoms with Gasteiger partial charge in [-0.25, -0.2) is 0 Å². The highest BCUT2D eigenvalue weighted by Gasteiger charge is 2.34. The Morgan fingerprint density at radius 1 is 1.00 bits per heavy atom. The second-order valence-electron chi connectivity index (χ2n) is 6.74. The Kier molecular flexibility index (Phi) is 5.49. The molecule has 1 aromatic rings. The summed E-state index contributed by atoms with van der Waals surface area (Å²) in [5, 5.41) is 0. The quantitative estimate of drug-likeness (QED) is 0.754. The average Bonchev–Trinajstić information content (AvgIpc) is 2.52. The van der Waals surface area contributed by atoms with Gasteiger partial charge in [0, 0.05) is 25.6 Å². The van der Waals surface area contributed by atoms with Crippen LogP contribution < -0.4 is 0 Å². The minimum atomic E-state index is 0.362. The first kappa shape index (κ1) is 15.5. The number of unbranched alkanes of at least 4 members (excludes halogenated alkanes) is 1. The van der Waals surface area contributed by atoms with Crippen molar-refractivity contribution in [3.8, 4) is 0 Å². The van der Waals surface area contributed by atoms with Crippen molar-refractivity contribution in [1.82, 2.24) is 9.80 Å². The van der Waals surface area contributed by atoms with Crippen LogP contribution in [0.25, 0.3) is 0 Å². The number of benzene rings is 1. The molecule has 2 fully saturated rings. The van der Waals surface area contributed by atoms with Crippen molar-refractivity contribution in [2.45, 2.75) is 51.0 Å². The molecule has 0 unspecified atom stereocenters. The zero-order valence-corrected chi connectivity index (χ0v) is 13.5. The lowest BCUT2D eigenvalue weighted by Gasteiger charge is -2.46. The number of amides is 1. The molecule has 0 spiro atoms. The molecule has 2 aliphatic heterocycles. The molecule has 120 valence electrons. The third-order valence-electron chi connectivity index (χ3n) is 5.07. The summed E-state index contributed by atoms with van der Waals surface area (Å²) in [4.78, 5) is 16.8. The molecule has 1 aromatic carbocycles. The van der Waals surface area contributed by atoms with E-state index in [-0.39, 0.29) is 0 Å². The number of piperidine rings is 1. The van der Waals surface area contributed by atoms with Crippen molar-refractivity contribution in [2.75, 3.05) is 26.2 Å². The predicted octanol–water partition coefficient (Wildman–Crippen LogP) is 3.10. The van der Waals surface area contributed by atoms with Crippen LogP contribution in [0.1, 0.15) is 44.1 Å². The molecule has 1 amide bonds. The fourth-order valence-electron chi connectivity index (χ4n) is 3.58. The molecule has 2 heterocycles. The monoisotopic (exact) mass is 300 g/mol. The smallest absolute Gasteiger partial charge is 0.222 e. The second-order valence-corrected chi connectivity index (χ2v) is 6.74. The van der Waals surface area contributed by atoms with Crippen LogP contribution in [0.2, 0.25) is 0 Å². The zero-order valence-electron chi connectivity index (χ0n) is 13.5. The molecule has 0 atom stereocenters. The first-order valence-electron chi connectivity index (χ1n) is 8.89. The van der Waals surface area contributed by atoms with Gasteiger partial charge in [0.1, 0.15) is 0 Å². The molecule has 2 aliphatic rings. The summed E-state index contributed by atoms with van der Waals surface area (Å²) in [5.74, 6) is 0.362. The van der Waals surface area contributed by atoms with Gasteiger partial charge in [-0.2, -0.15) is 0 Å². The van der Waals surface area contributed by atoms with Crippen molar-refractivity contribution in [1.29, 1.82) is 0 Å². The Morgan fingerprint density at radius 3 is 2.45 bits per heavy atom. The Bertz CT molecular complexity index is 462. The largest absolute Gasteiger partial charge is 0.339 e. The highest BCUT2D eigenvalue weighted by atomic mass is 16.2. The molecule has 3 heteroatoms. The highest BCUT2D eigenvalue weighted by Crippen LogP contribution is 2.21. The van der Waals surface area contributed by atoms with E-state index in [4.69, 9.17) is 0 Å². The van der Waals surface area contributed by atoms with E-state index < -0.39 is 0 Å². The molecule has 0 N–H and O–H groups in total. The van der Waals surface area contributed by atoms with Crippen molar-refractivity contribution in [2.24, 2.45) is 0 Å². The third-order valence-corrected chi connectivity index (χ3v) is 5.07. The van der Waals surface area contributed by atoms with Crippen LogP contribution in [-0.2, 0) is 11.2 Å². The van der Waals surface area contributed by atoms with Crippen LogP contribution in [-0.4, -0.2) is 47.9 Å². The van der Waals surface area contributed by atoms with Crippen molar-refractivity contribution < 1.29 is 4.79 Å². The van der Waals surface area contributed by atoms with Gasteiger partial charge < -0.3 is 4.90 Å². The van der Waals surface area contributed by atoms with Crippen molar-refractivity contribution >= 4 is 5.91 Å². The van der Waals surface area contributed by atoms with E-state index in [1.54, 1.807) is 0 Å². The first-order valence-corrected chi connectivity index (χ1v) is 8.89. The van der Waals surface area contributed by atoms with Crippen LogP contribution in [0.3, 0.4) is 0 Å². The molecule has 2 saturated heterocycles. The summed E-state index contributed by atoms with van der Waals surface area (Å²) in [7, 11) is 0. The summed E-state index contributed by atoms with van der Waals surface area (Å²) in [5.41, 5.74) is 1.38. The number of carbonyl (C=O) groups is 1. The van der Waals surface area contributed by atoms with E-state index in [1.807, 2.05) is 0 Å².